The minimum absolute atomic E-state index is 0.145. The Kier molecular flexibility index (Phi) is 4.34. The Labute approximate surface area is 132 Å². The Hall–Kier alpha value is -1.86. The molecule has 2 aromatic rings. The zero-order valence-electron chi connectivity index (χ0n) is 10.8. The first kappa shape index (κ1) is 15.5. The highest BCUT2D eigenvalue weighted by atomic mass is 79.9. The minimum Gasteiger partial charge on any atom is -0.365 e. The Morgan fingerprint density at radius 1 is 1.48 bits per heavy atom. The van der Waals surface area contributed by atoms with Gasteiger partial charge in [0.2, 0.25) is 5.82 Å². The number of anilines is 2. The Bertz CT molecular complexity index is 792. The molecule has 0 bridgehead atoms. The molecule has 0 spiro atoms. The third-order valence-corrected chi connectivity index (χ3v) is 3.58. The van der Waals surface area contributed by atoms with Crippen LogP contribution in [0.4, 0.5) is 15.8 Å². The number of carbonyl (C=O) groups is 1. The molecular formula is C13H10BrClFN3O2. The SMILES string of the molecule is Cn1cc(C(N)=O)c(Nc2ccc(Br)cc2Cl)c(F)c1=O. The summed E-state index contributed by atoms with van der Waals surface area (Å²) in [6, 6.07) is 4.85. The van der Waals surface area contributed by atoms with E-state index in [9.17, 15) is 14.0 Å². The lowest BCUT2D eigenvalue weighted by Gasteiger charge is -2.13. The Morgan fingerprint density at radius 3 is 2.71 bits per heavy atom. The number of halogens is 3. The summed E-state index contributed by atoms with van der Waals surface area (Å²) in [5, 5.41) is 2.94. The van der Waals surface area contributed by atoms with Gasteiger partial charge in [-0.05, 0) is 18.2 Å². The van der Waals surface area contributed by atoms with E-state index in [4.69, 9.17) is 17.3 Å². The topological polar surface area (TPSA) is 77.1 Å². The molecule has 0 aliphatic carbocycles. The molecule has 110 valence electrons. The van der Waals surface area contributed by atoms with Crippen molar-refractivity contribution in [3.63, 3.8) is 0 Å². The highest BCUT2D eigenvalue weighted by Crippen LogP contribution is 2.30. The van der Waals surface area contributed by atoms with Gasteiger partial charge in [0.1, 0.15) is 0 Å². The summed E-state index contributed by atoms with van der Waals surface area (Å²) in [4.78, 5) is 23.1. The van der Waals surface area contributed by atoms with Crippen molar-refractivity contribution in [2.45, 2.75) is 0 Å². The van der Waals surface area contributed by atoms with Crippen molar-refractivity contribution >= 4 is 44.8 Å². The summed E-state index contributed by atoms with van der Waals surface area (Å²) in [5.41, 5.74) is 4.24. The minimum atomic E-state index is -1.10. The van der Waals surface area contributed by atoms with Crippen LogP contribution in [0.1, 0.15) is 10.4 Å². The number of carbonyl (C=O) groups excluding carboxylic acids is 1. The summed E-state index contributed by atoms with van der Waals surface area (Å²) in [6.07, 6.45) is 1.17. The Balaban J connectivity index is 2.60. The maximum absolute atomic E-state index is 14.1. The van der Waals surface area contributed by atoms with Crippen LogP contribution in [-0.2, 0) is 7.05 Å². The molecule has 1 heterocycles. The van der Waals surface area contributed by atoms with E-state index in [1.54, 1.807) is 18.2 Å². The third kappa shape index (κ3) is 3.08. The molecule has 5 nitrogen and oxygen atoms in total. The number of aryl methyl sites for hydroxylation is 1. The van der Waals surface area contributed by atoms with Crippen LogP contribution in [0.2, 0.25) is 5.02 Å². The molecule has 1 aromatic heterocycles. The quantitative estimate of drug-likeness (QED) is 0.867. The van der Waals surface area contributed by atoms with Gasteiger partial charge < -0.3 is 15.6 Å². The van der Waals surface area contributed by atoms with Crippen LogP contribution in [0.15, 0.2) is 33.7 Å². The molecule has 0 fully saturated rings. The van der Waals surface area contributed by atoms with E-state index in [-0.39, 0.29) is 11.3 Å². The standard InChI is InChI=1S/C13H10BrClFN3O2/c1-19-5-7(12(17)20)11(10(16)13(19)21)18-9-3-2-6(14)4-8(9)15/h2-5,18H,1H3,(H2,17,20). The summed E-state index contributed by atoms with van der Waals surface area (Å²) in [5.74, 6) is -1.96. The molecule has 2 rings (SSSR count). The normalized spacial score (nSPS) is 10.5. The van der Waals surface area contributed by atoms with E-state index in [1.165, 1.54) is 13.2 Å². The number of nitrogens with zero attached hydrogens (tertiary/aromatic N) is 1. The van der Waals surface area contributed by atoms with Crippen LogP contribution in [0.3, 0.4) is 0 Å². The van der Waals surface area contributed by atoms with Crippen LogP contribution >= 0.6 is 27.5 Å². The second-order valence-corrected chi connectivity index (χ2v) is 5.58. The zero-order valence-corrected chi connectivity index (χ0v) is 13.1. The van der Waals surface area contributed by atoms with Crippen molar-refractivity contribution < 1.29 is 9.18 Å². The molecule has 21 heavy (non-hydrogen) atoms. The first-order chi connectivity index (χ1) is 9.81. The zero-order chi connectivity index (χ0) is 15.7. The van der Waals surface area contributed by atoms with Crippen LogP contribution in [-0.4, -0.2) is 10.5 Å². The van der Waals surface area contributed by atoms with Gasteiger partial charge in [0, 0.05) is 17.7 Å². The third-order valence-electron chi connectivity index (χ3n) is 2.78. The first-order valence-electron chi connectivity index (χ1n) is 5.72. The van der Waals surface area contributed by atoms with E-state index in [2.05, 4.69) is 21.2 Å². The number of pyridine rings is 1. The van der Waals surface area contributed by atoms with Gasteiger partial charge in [-0.2, -0.15) is 4.39 Å². The van der Waals surface area contributed by atoms with Gasteiger partial charge in [0.15, 0.2) is 0 Å². The smallest absolute Gasteiger partial charge is 0.288 e. The summed E-state index contributed by atoms with van der Waals surface area (Å²) in [7, 11) is 1.33. The lowest BCUT2D eigenvalue weighted by molar-refractivity contribution is 0.1000. The predicted octanol–water partition coefficient (Wildman–Crippen LogP) is 2.78. The predicted molar refractivity (Wildman–Crippen MR) is 82.6 cm³/mol. The van der Waals surface area contributed by atoms with Gasteiger partial charge in [-0.3, -0.25) is 9.59 Å². The van der Waals surface area contributed by atoms with Crippen molar-refractivity contribution in [3.8, 4) is 0 Å². The number of primary amides is 1. The van der Waals surface area contributed by atoms with Crippen LogP contribution < -0.4 is 16.6 Å². The fourth-order valence-electron chi connectivity index (χ4n) is 1.73. The van der Waals surface area contributed by atoms with Crippen LogP contribution in [0, 0.1) is 5.82 Å². The van der Waals surface area contributed by atoms with E-state index in [0.29, 0.717) is 10.7 Å². The second-order valence-electron chi connectivity index (χ2n) is 4.26. The van der Waals surface area contributed by atoms with Gasteiger partial charge in [0.05, 0.1) is 22.0 Å². The summed E-state index contributed by atoms with van der Waals surface area (Å²) in [6.45, 7) is 0. The van der Waals surface area contributed by atoms with Crippen molar-refractivity contribution in [2.75, 3.05) is 5.32 Å². The number of hydrogen-bond donors (Lipinski definition) is 2. The molecule has 0 saturated heterocycles. The first-order valence-corrected chi connectivity index (χ1v) is 6.89. The largest absolute Gasteiger partial charge is 0.365 e. The molecule has 0 unspecified atom stereocenters. The fraction of sp³-hybridized carbons (Fsp3) is 0.0769. The number of amides is 1. The number of aromatic nitrogens is 1. The highest BCUT2D eigenvalue weighted by molar-refractivity contribution is 9.10. The molecule has 3 N–H and O–H groups in total. The van der Waals surface area contributed by atoms with Crippen LogP contribution in [0.25, 0.3) is 0 Å². The van der Waals surface area contributed by atoms with Gasteiger partial charge in [-0.15, -0.1) is 0 Å². The van der Waals surface area contributed by atoms with Gasteiger partial charge in [0.25, 0.3) is 11.5 Å². The number of nitrogens with two attached hydrogens (primary N) is 1. The monoisotopic (exact) mass is 373 g/mol. The highest BCUT2D eigenvalue weighted by Gasteiger charge is 2.19. The van der Waals surface area contributed by atoms with Gasteiger partial charge in [-0.1, -0.05) is 27.5 Å². The summed E-state index contributed by atoms with van der Waals surface area (Å²) >= 11 is 9.26. The number of nitrogens with one attached hydrogen (secondary N) is 1. The lowest BCUT2D eigenvalue weighted by atomic mass is 10.2. The average Bonchev–Trinajstić information content (AvgIpc) is 2.41. The van der Waals surface area contributed by atoms with E-state index in [1.807, 2.05) is 0 Å². The van der Waals surface area contributed by atoms with Crippen LogP contribution in [0.5, 0.6) is 0 Å². The molecule has 0 atom stereocenters. The maximum atomic E-state index is 14.1. The van der Waals surface area contributed by atoms with Gasteiger partial charge in [-0.25, -0.2) is 0 Å². The second kappa shape index (κ2) is 5.87. The van der Waals surface area contributed by atoms with Crippen molar-refractivity contribution in [1.82, 2.24) is 4.57 Å². The average molecular weight is 375 g/mol. The lowest BCUT2D eigenvalue weighted by Crippen LogP contribution is -2.26. The maximum Gasteiger partial charge on any atom is 0.288 e. The molecule has 0 aliphatic heterocycles. The Morgan fingerprint density at radius 2 is 2.14 bits per heavy atom. The van der Waals surface area contributed by atoms with Crippen molar-refractivity contribution in [2.24, 2.45) is 12.8 Å². The van der Waals surface area contributed by atoms with Crippen molar-refractivity contribution in [1.29, 1.82) is 0 Å². The molecular weight excluding hydrogens is 365 g/mol. The molecule has 8 heteroatoms. The summed E-state index contributed by atoms with van der Waals surface area (Å²) < 4.78 is 15.8. The molecule has 1 amide bonds. The van der Waals surface area contributed by atoms with E-state index < -0.39 is 17.3 Å². The fourth-order valence-corrected chi connectivity index (χ4v) is 2.45. The number of benzene rings is 1. The molecule has 0 aliphatic rings. The number of rotatable bonds is 3. The molecule has 0 radical (unpaired) electrons. The van der Waals surface area contributed by atoms with Crippen molar-refractivity contribution in [3.05, 3.63) is 55.6 Å². The van der Waals surface area contributed by atoms with Gasteiger partial charge >= 0.3 is 0 Å². The number of hydrogen-bond acceptors (Lipinski definition) is 3. The molecule has 1 aromatic carbocycles. The molecule has 0 saturated carbocycles. The van der Waals surface area contributed by atoms with E-state index in [0.717, 1.165) is 9.04 Å². The van der Waals surface area contributed by atoms with E-state index >= 15 is 0 Å².